The molecular formula is C10H6Cl2N2O. The van der Waals surface area contributed by atoms with E-state index in [1.807, 2.05) is 0 Å². The monoisotopic (exact) mass is 240 g/mol. The van der Waals surface area contributed by atoms with Gasteiger partial charge in [-0.3, -0.25) is 4.79 Å². The highest BCUT2D eigenvalue weighted by Gasteiger charge is 2.05. The Morgan fingerprint density at radius 1 is 1.20 bits per heavy atom. The van der Waals surface area contributed by atoms with Crippen molar-refractivity contribution in [2.75, 3.05) is 0 Å². The minimum Gasteiger partial charge on any atom is -0.313 e. The Hall–Kier alpha value is -1.32. The highest BCUT2D eigenvalue weighted by molar-refractivity contribution is 6.36. The fourth-order valence-electron chi connectivity index (χ4n) is 1.21. The van der Waals surface area contributed by atoms with E-state index in [0.717, 1.165) is 0 Å². The van der Waals surface area contributed by atoms with Gasteiger partial charge in [-0.2, -0.15) is 0 Å². The van der Waals surface area contributed by atoms with Gasteiger partial charge >= 0.3 is 0 Å². The predicted molar refractivity (Wildman–Crippen MR) is 60.3 cm³/mol. The van der Waals surface area contributed by atoms with Crippen molar-refractivity contribution in [3.05, 3.63) is 51.0 Å². The van der Waals surface area contributed by atoms with E-state index >= 15 is 0 Å². The Morgan fingerprint density at radius 3 is 2.67 bits per heavy atom. The summed E-state index contributed by atoms with van der Waals surface area (Å²) in [5.74, 6) is 0. The van der Waals surface area contributed by atoms with Crippen LogP contribution >= 0.6 is 23.2 Å². The number of halogens is 2. The third kappa shape index (κ3) is 2.19. The number of aromatic nitrogens is 2. The molecule has 0 bridgehead atoms. The highest BCUT2D eigenvalue weighted by Crippen LogP contribution is 2.27. The van der Waals surface area contributed by atoms with Crippen molar-refractivity contribution >= 4 is 23.2 Å². The lowest BCUT2D eigenvalue weighted by Gasteiger charge is -2.02. The van der Waals surface area contributed by atoms with Crippen LogP contribution in [0.4, 0.5) is 0 Å². The van der Waals surface area contributed by atoms with Crippen molar-refractivity contribution in [3.8, 4) is 11.3 Å². The van der Waals surface area contributed by atoms with E-state index in [1.54, 1.807) is 18.2 Å². The normalized spacial score (nSPS) is 10.3. The summed E-state index contributed by atoms with van der Waals surface area (Å²) in [7, 11) is 0. The molecule has 2 aromatic rings. The fourth-order valence-corrected chi connectivity index (χ4v) is 1.72. The summed E-state index contributed by atoms with van der Waals surface area (Å²) in [4.78, 5) is 17.5. The summed E-state index contributed by atoms with van der Waals surface area (Å²) >= 11 is 11.7. The molecule has 0 saturated carbocycles. The molecule has 1 heterocycles. The van der Waals surface area contributed by atoms with Gasteiger partial charge in [0.2, 0.25) is 0 Å². The smallest absolute Gasteiger partial charge is 0.251 e. The molecule has 1 N–H and O–H groups in total. The van der Waals surface area contributed by atoms with Gasteiger partial charge in [0.25, 0.3) is 5.56 Å². The van der Waals surface area contributed by atoms with Crippen LogP contribution in [0.15, 0.2) is 35.4 Å². The van der Waals surface area contributed by atoms with Crippen LogP contribution in [0.2, 0.25) is 10.0 Å². The van der Waals surface area contributed by atoms with Gasteiger partial charge in [0, 0.05) is 16.7 Å². The first-order valence-electron chi connectivity index (χ1n) is 4.17. The number of nitrogens with one attached hydrogen (secondary N) is 1. The molecule has 1 aromatic heterocycles. The van der Waals surface area contributed by atoms with E-state index in [1.165, 1.54) is 12.4 Å². The van der Waals surface area contributed by atoms with Crippen LogP contribution < -0.4 is 5.56 Å². The van der Waals surface area contributed by atoms with Crippen LogP contribution in [-0.2, 0) is 0 Å². The Morgan fingerprint density at radius 2 is 2.00 bits per heavy atom. The largest absolute Gasteiger partial charge is 0.313 e. The lowest BCUT2D eigenvalue weighted by molar-refractivity contribution is 1.12. The van der Waals surface area contributed by atoms with Gasteiger partial charge in [0.1, 0.15) is 0 Å². The van der Waals surface area contributed by atoms with Crippen LogP contribution in [0.25, 0.3) is 11.3 Å². The Labute approximate surface area is 95.7 Å². The van der Waals surface area contributed by atoms with E-state index in [9.17, 15) is 4.79 Å². The number of rotatable bonds is 1. The minimum atomic E-state index is -0.217. The maximum absolute atomic E-state index is 11.1. The molecule has 0 spiro atoms. The van der Waals surface area contributed by atoms with Crippen molar-refractivity contribution < 1.29 is 0 Å². The highest BCUT2D eigenvalue weighted by atomic mass is 35.5. The standard InChI is InChI=1S/C10H6Cl2N2O/c11-6-1-2-7(8(12)3-6)9-4-10(15)14-5-13-9/h1-5H,(H,13,14,15). The van der Waals surface area contributed by atoms with Crippen molar-refractivity contribution in [2.45, 2.75) is 0 Å². The number of H-pyrrole nitrogens is 1. The molecule has 5 heteroatoms. The summed E-state index contributed by atoms with van der Waals surface area (Å²) in [6.07, 6.45) is 1.34. The number of nitrogens with zero attached hydrogens (tertiary/aromatic N) is 1. The van der Waals surface area contributed by atoms with Crippen molar-refractivity contribution in [2.24, 2.45) is 0 Å². The van der Waals surface area contributed by atoms with Crippen molar-refractivity contribution in [1.82, 2.24) is 9.97 Å². The zero-order chi connectivity index (χ0) is 10.8. The van der Waals surface area contributed by atoms with Crippen LogP contribution in [0.1, 0.15) is 0 Å². The zero-order valence-electron chi connectivity index (χ0n) is 7.50. The lowest BCUT2D eigenvalue weighted by atomic mass is 10.1. The van der Waals surface area contributed by atoms with E-state index in [-0.39, 0.29) is 5.56 Å². The molecule has 76 valence electrons. The van der Waals surface area contributed by atoms with Gasteiger partial charge in [-0.1, -0.05) is 23.2 Å². The second-order valence-electron chi connectivity index (χ2n) is 2.92. The van der Waals surface area contributed by atoms with Crippen LogP contribution in [0, 0.1) is 0 Å². The van der Waals surface area contributed by atoms with E-state index in [4.69, 9.17) is 23.2 Å². The minimum absolute atomic E-state index is 0.217. The summed E-state index contributed by atoms with van der Waals surface area (Å²) in [5.41, 5.74) is 0.999. The maximum atomic E-state index is 11.1. The quantitative estimate of drug-likeness (QED) is 0.834. The Balaban J connectivity index is 2.59. The SMILES string of the molecule is O=c1cc(-c2ccc(Cl)cc2Cl)nc[nH]1. The molecule has 0 aliphatic heterocycles. The summed E-state index contributed by atoms with van der Waals surface area (Å²) in [5, 5.41) is 1.02. The molecule has 0 fully saturated rings. The second-order valence-corrected chi connectivity index (χ2v) is 3.76. The molecule has 0 unspecified atom stereocenters. The number of benzene rings is 1. The molecule has 0 atom stereocenters. The summed E-state index contributed by atoms with van der Waals surface area (Å²) < 4.78 is 0. The molecule has 0 aliphatic carbocycles. The first-order chi connectivity index (χ1) is 7.16. The van der Waals surface area contributed by atoms with Crippen LogP contribution in [0.5, 0.6) is 0 Å². The third-order valence-electron chi connectivity index (χ3n) is 1.89. The van der Waals surface area contributed by atoms with Crippen LogP contribution in [0.3, 0.4) is 0 Å². The third-order valence-corrected chi connectivity index (χ3v) is 2.43. The summed E-state index contributed by atoms with van der Waals surface area (Å²) in [6.45, 7) is 0. The molecule has 1 aromatic carbocycles. The van der Waals surface area contributed by atoms with Crippen LogP contribution in [-0.4, -0.2) is 9.97 Å². The molecule has 2 rings (SSSR count). The Bertz CT molecular complexity index is 551. The first kappa shape index (κ1) is 10.2. The molecule has 0 amide bonds. The lowest BCUT2D eigenvalue weighted by Crippen LogP contribution is -2.04. The number of hydrogen-bond acceptors (Lipinski definition) is 2. The van der Waals surface area contributed by atoms with E-state index < -0.39 is 0 Å². The molecule has 3 nitrogen and oxygen atoms in total. The van der Waals surface area contributed by atoms with Crippen molar-refractivity contribution in [1.29, 1.82) is 0 Å². The van der Waals surface area contributed by atoms with Gasteiger partial charge in [-0.15, -0.1) is 0 Å². The second kappa shape index (κ2) is 4.04. The molecule has 0 saturated heterocycles. The molecule has 0 radical (unpaired) electrons. The van der Waals surface area contributed by atoms with Gasteiger partial charge in [-0.05, 0) is 18.2 Å². The molecule has 15 heavy (non-hydrogen) atoms. The van der Waals surface area contributed by atoms with Gasteiger partial charge < -0.3 is 4.98 Å². The van der Waals surface area contributed by atoms with Gasteiger partial charge in [0.05, 0.1) is 17.0 Å². The average Bonchev–Trinajstić information content (AvgIpc) is 2.17. The number of hydrogen-bond donors (Lipinski definition) is 1. The zero-order valence-corrected chi connectivity index (χ0v) is 9.01. The van der Waals surface area contributed by atoms with E-state index in [2.05, 4.69) is 9.97 Å². The maximum Gasteiger partial charge on any atom is 0.251 e. The molecular weight excluding hydrogens is 235 g/mol. The van der Waals surface area contributed by atoms with Gasteiger partial charge in [-0.25, -0.2) is 4.98 Å². The topological polar surface area (TPSA) is 45.8 Å². The molecule has 0 aliphatic rings. The predicted octanol–water partition coefficient (Wildman–Crippen LogP) is 2.74. The Kier molecular flexibility index (Phi) is 2.75. The first-order valence-corrected chi connectivity index (χ1v) is 4.92. The number of aromatic amines is 1. The van der Waals surface area contributed by atoms with Gasteiger partial charge in [0.15, 0.2) is 0 Å². The van der Waals surface area contributed by atoms with E-state index in [0.29, 0.717) is 21.3 Å². The summed E-state index contributed by atoms with van der Waals surface area (Å²) in [6, 6.07) is 6.43. The van der Waals surface area contributed by atoms with Crippen molar-refractivity contribution in [3.63, 3.8) is 0 Å². The fraction of sp³-hybridized carbons (Fsp3) is 0. The average molecular weight is 241 g/mol.